The molecule has 6 heteroatoms. The molecule has 0 saturated heterocycles. The van der Waals surface area contributed by atoms with Crippen molar-refractivity contribution in [2.75, 3.05) is 6.54 Å². The average molecular weight is 284 g/mol. The van der Waals surface area contributed by atoms with E-state index in [0.717, 1.165) is 11.8 Å². The van der Waals surface area contributed by atoms with Crippen molar-refractivity contribution in [3.8, 4) is 0 Å². The summed E-state index contributed by atoms with van der Waals surface area (Å²) in [5.74, 6) is 0.277. The molecule has 0 radical (unpaired) electrons. The first kappa shape index (κ1) is 15.4. The van der Waals surface area contributed by atoms with Crippen LogP contribution in [-0.4, -0.2) is 16.5 Å². The highest BCUT2D eigenvalue weighted by Crippen LogP contribution is 2.22. The zero-order valence-corrected chi connectivity index (χ0v) is 12.0. The first-order chi connectivity index (χ1) is 8.90. The number of aromatic nitrogens is 1. The van der Waals surface area contributed by atoms with Gasteiger partial charge in [0.15, 0.2) is 0 Å². The minimum absolute atomic E-state index is 0.131. The Morgan fingerprint density at radius 3 is 2.68 bits per heavy atom. The largest absolute Gasteiger partial charge is 0.383 e. The van der Waals surface area contributed by atoms with Gasteiger partial charge in [0, 0.05) is 18.7 Å². The van der Waals surface area contributed by atoms with Crippen molar-refractivity contribution in [2.45, 2.75) is 26.7 Å². The molecule has 1 aromatic heterocycles. The van der Waals surface area contributed by atoms with Crippen LogP contribution in [0.3, 0.4) is 0 Å². The lowest BCUT2D eigenvalue weighted by atomic mass is 9.99. The quantitative estimate of drug-likeness (QED) is 0.494. The molecule has 19 heavy (non-hydrogen) atoms. The highest BCUT2D eigenvalue weighted by atomic mass is 35.5. The average Bonchev–Trinajstić information content (AvgIpc) is 2.34. The number of hydrogen-bond donors (Lipinski definition) is 1. The molecule has 0 fully saturated rings. The van der Waals surface area contributed by atoms with Crippen LogP contribution >= 0.6 is 11.6 Å². The molecule has 0 amide bonds. The predicted octanol–water partition coefficient (Wildman–Crippen LogP) is 3.20. The van der Waals surface area contributed by atoms with E-state index in [-0.39, 0.29) is 5.92 Å². The number of halogens is 1. The van der Waals surface area contributed by atoms with E-state index in [9.17, 15) is 10.1 Å². The van der Waals surface area contributed by atoms with Gasteiger partial charge in [-0.3, -0.25) is 10.1 Å². The maximum Gasteiger partial charge on any atom is 0.253 e. The third kappa shape index (κ3) is 5.26. The normalized spacial score (nSPS) is 13.4. The summed E-state index contributed by atoms with van der Waals surface area (Å²) in [7, 11) is 0. The molecule has 5 nitrogen and oxygen atoms in total. The van der Waals surface area contributed by atoms with Crippen LogP contribution in [0.4, 0.5) is 0 Å². The summed E-state index contributed by atoms with van der Waals surface area (Å²) in [6.07, 6.45) is 2.65. The second-order valence-corrected chi connectivity index (χ2v) is 5.17. The van der Waals surface area contributed by atoms with Crippen molar-refractivity contribution in [3.05, 3.63) is 51.1 Å². The topological polar surface area (TPSA) is 68.1 Å². The van der Waals surface area contributed by atoms with Gasteiger partial charge in [-0.05, 0) is 17.5 Å². The highest BCUT2D eigenvalue weighted by Gasteiger charge is 2.15. The zero-order valence-electron chi connectivity index (χ0n) is 11.3. The molecule has 1 heterocycles. The summed E-state index contributed by atoms with van der Waals surface area (Å²) in [6, 6.07) is 3.50. The van der Waals surface area contributed by atoms with Gasteiger partial charge in [-0.2, -0.15) is 0 Å². The molecular weight excluding hydrogens is 266 g/mol. The molecule has 0 aliphatic heterocycles. The summed E-state index contributed by atoms with van der Waals surface area (Å²) in [6.45, 7) is 6.68. The Hall–Kier alpha value is -1.62. The summed E-state index contributed by atoms with van der Waals surface area (Å²) in [5.41, 5.74) is 1.46. The Labute approximate surface area is 117 Å². The third-order valence-electron chi connectivity index (χ3n) is 2.68. The Balaban J connectivity index is 2.90. The van der Waals surface area contributed by atoms with Gasteiger partial charge >= 0.3 is 0 Å². The predicted molar refractivity (Wildman–Crippen MR) is 75.6 cm³/mol. The molecule has 1 aromatic rings. The van der Waals surface area contributed by atoms with Gasteiger partial charge in [-0.1, -0.05) is 38.4 Å². The number of pyridine rings is 1. The Morgan fingerprint density at radius 2 is 2.21 bits per heavy atom. The van der Waals surface area contributed by atoms with E-state index in [0.29, 0.717) is 23.3 Å². The fraction of sp³-hybridized carbons (Fsp3) is 0.462. The number of allylic oxidation sites excluding steroid dienone is 1. The van der Waals surface area contributed by atoms with Crippen LogP contribution < -0.4 is 5.32 Å². The lowest BCUT2D eigenvalue weighted by Crippen LogP contribution is -2.23. The number of nitrogens with zero attached hydrogens (tertiary/aromatic N) is 2. The van der Waals surface area contributed by atoms with Gasteiger partial charge in [-0.25, -0.2) is 4.98 Å². The summed E-state index contributed by atoms with van der Waals surface area (Å²) in [4.78, 5) is 14.3. The van der Waals surface area contributed by atoms with E-state index in [1.807, 2.05) is 26.8 Å². The first-order valence-electron chi connectivity index (χ1n) is 6.10. The monoisotopic (exact) mass is 283 g/mol. The smallest absolute Gasteiger partial charge is 0.253 e. The van der Waals surface area contributed by atoms with Gasteiger partial charge < -0.3 is 5.32 Å². The molecule has 1 atom stereocenters. The summed E-state index contributed by atoms with van der Waals surface area (Å²) in [5, 5.41) is 14.2. The lowest BCUT2D eigenvalue weighted by molar-refractivity contribution is -0.404. The van der Waals surface area contributed by atoms with Crippen LogP contribution in [0.2, 0.25) is 5.15 Å². The van der Waals surface area contributed by atoms with Gasteiger partial charge in [0.1, 0.15) is 5.15 Å². The van der Waals surface area contributed by atoms with Crippen molar-refractivity contribution in [1.82, 2.24) is 10.3 Å². The minimum Gasteiger partial charge on any atom is -0.383 e. The van der Waals surface area contributed by atoms with E-state index < -0.39 is 4.92 Å². The summed E-state index contributed by atoms with van der Waals surface area (Å²) < 4.78 is 0. The van der Waals surface area contributed by atoms with E-state index in [2.05, 4.69) is 10.3 Å². The van der Waals surface area contributed by atoms with Crippen molar-refractivity contribution < 1.29 is 4.92 Å². The maximum absolute atomic E-state index is 10.7. The highest BCUT2D eigenvalue weighted by molar-refractivity contribution is 6.29. The second kappa shape index (κ2) is 7.09. The molecule has 0 bridgehead atoms. The molecule has 1 unspecified atom stereocenters. The van der Waals surface area contributed by atoms with E-state index in [1.165, 1.54) is 0 Å². The van der Waals surface area contributed by atoms with Crippen molar-refractivity contribution in [2.24, 2.45) is 5.92 Å². The zero-order chi connectivity index (χ0) is 14.4. The molecule has 1 N–H and O–H groups in total. The molecule has 0 aromatic carbocycles. The molecule has 0 saturated carbocycles. The third-order valence-corrected chi connectivity index (χ3v) is 2.90. The lowest BCUT2D eigenvalue weighted by Gasteiger charge is -2.17. The number of hydrogen-bond acceptors (Lipinski definition) is 4. The number of nitro groups is 1. The van der Waals surface area contributed by atoms with Crippen LogP contribution in [0, 0.1) is 16.0 Å². The Morgan fingerprint density at radius 1 is 1.53 bits per heavy atom. The first-order valence-corrected chi connectivity index (χ1v) is 6.48. The molecule has 104 valence electrons. The fourth-order valence-corrected chi connectivity index (χ4v) is 1.68. The van der Waals surface area contributed by atoms with Crippen LogP contribution in [0.1, 0.15) is 32.3 Å². The van der Waals surface area contributed by atoms with Crippen molar-refractivity contribution >= 4 is 11.6 Å². The van der Waals surface area contributed by atoms with Gasteiger partial charge in [0.25, 0.3) is 6.20 Å². The Bertz CT molecular complexity index is 457. The van der Waals surface area contributed by atoms with Gasteiger partial charge in [0.05, 0.1) is 10.6 Å². The van der Waals surface area contributed by atoms with E-state index in [1.54, 1.807) is 12.3 Å². The van der Waals surface area contributed by atoms with Crippen LogP contribution in [0.25, 0.3) is 0 Å². The van der Waals surface area contributed by atoms with Crippen LogP contribution in [-0.2, 0) is 0 Å². The molecule has 0 spiro atoms. The summed E-state index contributed by atoms with van der Waals surface area (Å²) >= 11 is 5.73. The van der Waals surface area contributed by atoms with Crippen LogP contribution in [0.15, 0.2) is 30.2 Å². The molecule has 0 aliphatic carbocycles. The van der Waals surface area contributed by atoms with E-state index >= 15 is 0 Å². The SMILES string of the molecule is CC(C)CN/C(=C\[N+](=O)[O-])C(C)c1ccc(Cl)nc1. The van der Waals surface area contributed by atoms with Crippen LogP contribution in [0.5, 0.6) is 0 Å². The second-order valence-electron chi connectivity index (χ2n) is 4.78. The Kier molecular flexibility index (Phi) is 5.76. The van der Waals surface area contributed by atoms with E-state index in [4.69, 9.17) is 11.6 Å². The van der Waals surface area contributed by atoms with Gasteiger partial charge in [0.2, 0.25) is 0 Å². The maximum atomic E-state index is 10.7. The van der Waals surface area contributed by atoms with Crippen molar-refractivity contribution in [3.63, 3.8) is 0 Å². The van der Waals surface area contributed by atoms with Gasteiger partial charge in [-0.15, -0.1) is 0 Å². The number of rotatable bonds is 6. The molecule has 1 rings (SSSR count). The fourth-order valence-electron chi connectivity index (χ4n) is 1.57. The molecule has 0 aliphatic rings. The standard InChI is InChI=1S/C13H18ClN3O2/c1-9(2)6-15-12(8-17(18)19)10(3)11-4-5-13(14)16-7-11/h4-5,7-10,15H,6H2,1-3H3/b12-8-. The number of nitrogens with one attached hydrogen (secondary N) is 1. The van der Waals surface area contributed by atoms with Crippen molar-refractivity contribution in [1.29, 1.82) is 0 Å². The minimum atomic E-state index is -0.442. The molecular formula is C13H18ClN3O2.